The number of nitrogens with one attached hydrogen (secondary N) is 1. The average Bonchev–Trinajstić information content (AvgIpc) is 2.80. The first-order chi connectivity index (χ1) is 9.38. The van der Waals surface area contributed by atoms with Gasteiger partial charge in [-0.25, -0.2) is 4.98 Å². The molecule has 0 aliphatic rings. The summed E-state index contributed by atoms with van der Waals surface area (Å²) in [7, 11) is 0. The third kappa shape index (κ3) is 2.90. The first-order valence-corrected chi connectivity index (χ1v) is 6.69. The van der Waals surface area contributed by atoms with Crippen LogP contribution >= 0.6 is 0 Å². The Bertz CT molecular complexity index is 644. The molecule has 1 heterocycles. The van der Waals surface area contributed by atoms with E-state index in [1.807, 2.05) is 6.92 Å². The molecule has 2 aromatic rings. The molecule has 20 heavy (non-hydrogen) atoms. The Morgan fingerprint density at radius 3 is 2.40 bits per heavy atom. The van der Waals surface area contributed by atoms with E-state index in [0.717, 1.165) is 5.56 Å². The van der Waals surface area contributed by atoms with Crippen LogP contribution in [0, 0.1) is 27.7 Å². The van der Waals surface area contributed by atoms with Gasteiger partial charge in [0.05, 0.1) is 6.04 Å². The highest BCUT2D eigenvalue weighted by atomic mass is 16.3. The van der Waals surface area contributed by atoms with Crippen LogP contribution in [-0.4, -0.2) is 10.9 Å². The average molecular weight is 272 g/mol. The molecule has 1 amide bonds. The second-order valence-electron chi connectivity index (χ2n) is 5.24. The number of hydrogen-bond donors (Lipinski definition) is 1. The van der Waals surface area contributed by atoms with Crippen LogP contribution in [0.2, 0.25) is 0 Å². The molecule has 106 valence electrons. The van der Waals surface area contributed by atoms with Gasteiger partial charge in [-0.2, -0.15) is 0 Å². The Kier molecular flexibility index (Phi) is 3.93. The lowest BCUT2D eigenvalue weighted by atomic mass is 9.96. The van der Waals surface area contributed by atoms with Crippen molar-refractivity contribution in [1.82, 2.24) is 10.3 Å². The number of carbonyl (C=O) groups is 1. The maximum atomic E-state index is 12.1. The van der Waals surface area contributed by atoms with Crippen molar-refractivity contribution in [2.24, 2.45) is 0 Å². The fourth-order valence-electron chi connectivity index (χ4n) is 2.27. The van der Waals surface area contributed by atoms with E-state index in [4.69, 9.17) is 4.42 Å². The third-order valence-corrected chi connectivity index (χ3v) is 3.55. The molecule has 0 aliphatic heterocycles. The standard InChI is InChI=1S/C16H20N2O2/c1-9-6-11(3)14(7-10(9)2)12(4)17-16(19)15-8-20-13(5)18-15/h6-8,12H,1-5H3,(H,17,19). The molecule has 1 unspecified atom stereocenters. The SMILES string of the molecule is Cc1nc(C(=O)NC(C)c2cc(C)c(C)cc2C)co1. The minimum absolute atomic E-state index is 0.0705. The number of nitrogens with zero attached hydrogens (tertiary/aromatic N) is 1. The molecular formula is C16H20N2O2. The number of benzene rings is 1. The van der Waals surface area contributed by atoms with Gasteiger partial charge in [-0.15, -0.1) is 0 Å². The zero-order chi connectivity index (χ0) is 14.9. The second-order valence-corrected chi connectivity index (χ2v) is 5.24. The van der Waals surface area contributed by atoms with E-state index in [1.165, 1.54) is 23.0 Å². The zero-order valence-corrected chi connectivity index (χ0v) is 12.6. The molecule has 0 radical (unpaired) electrons. The number of aromatic nitrogens is 1. The van der Waals surface area contributed by atoms with Gasteiger partial charge in [-0.05, 0) is 49.9 Å². The van der Waals surface area contributed by atoms with E-state index in [2.05, 4.69) is 43.2 Å². The molecule has 0 spiro atoms. The monoisotopic (exact) mass is 272 g/mol. The van der Waals surface area contributed by atoms with Gasteiger partial charge >= 0.3 is 0 Å². The number of carbonyl (C=O) groups excluding carboxylic acids is 1. The normalized spacial score (nSPS) is 12.2. The van der Waals surface area contributed by atoms with Gasteiger partial charge in [-0.3, -0.25) is 4.79 Å². The Balaban J connectivity index is 2.18. The first-order valence-electron chi connectivity index (χ1n) is 6.69. The van der Waals surface area contributed by atoms with Gasteiger partial charge < -0.3 is 9.73 Å². The smallest absolute Gasteiger partial charge is 0.273 e. The number of aryl methyl sites for hydroxylation is 4. The van der Waals surface area contributed by atoms with Crippen LogP contribution in [0.3, 0.4) is 0 Å². The molecule has 0 aliphatic carbocycles. The van der Waals surface area contributed by atoms with Crippen LogP contribution < -0.4 is 5.32 Å². The van der Waals surface area contributed by atoms with Crippen molar-refractivity contribution in [2.45, 2.75) is 40.7 Å². The molecule has 1 atom stereocenters. The summed E-state index contributed by atoms with van der Waals surface area (Å²) in [5.74, 6) is 0.275. The topological polar surface area (TPSA) is 55.1 Å². The van der Waals surface area contributed by atoms with Crippen LogP contribution in [-0.2, 0) is 0 Å². The largest absolute Gasteiger partial charge is 0.448 e. The van der Waals surface area contributed by atoms with Gasteiger partial charge in [-0.1, -0.05) is 12.1 Å². The molecule has 0 saturated heterocycles. The van der Waals surface area contributed by atoms with Gasteiger partial charge in [0, 0.05) is 6.92 Å². The van der Waals surface area contributed by atoms with Crippen LogP contribution in [0.4, 0.5) is 0 Å². The quantitative estimate of drug-likeness (QED) is 0.931. The summed E-state index contributed by atoms with van der Waals surface area (Å²) in [6.07, 6.45) is 1.38. The fraction of sp³-hybridized carbons (Fsp3) is 0.375. The van der Waals surface area contributed by atoms with Crippen molar-refractivity contribution in [3.63, 3.8) is 0 Å². The molecule has 0 bridgehead atoms. The summed E-state index contributed by atoms with van der Waals surface area (Å²) in [4.78, 5) is 16.1. The van der Waals surface area contributed by atoms with Crippen molar-refractivity contribution < 1.29 is 9.21 Å². The summed E-state index contributed by atoms with van der Waals surface area (Å²) in [6, 6.07) is 4.20. The predicted molar refractivity (Wildman–Crippen MR) is 77.8 cm³/mol. The minimum Gasteiger partial charge on any atom is -0.448 e. The first kappa shape index (κ1) is 14.3. The van der Waals surface area contributed by atoms with E-state index in [0.29, 0.717) is 11.6 Å². The van der Waals surface area contributed by atoms with Crippen molar-refractivity contribution in [1.29, 1.82) is 0 Å². The molecule has 2 rings (SSSR count). The van der Waals surface area contributed by atoms with Gasteiger partial charge in [0.25, 0.3) is 5.91 Å². The maximum absolute atomic E-state index is 12.1. The van der Waals surface area contributed by atoms with Gasteiger partial charge in [0.1, 0.15) is 6.26 Å². The summed E-state index contributed by atoms with van der Waals surface area (Å²) < 4.78 is 5.06. The lowest BCUT2D eigenvalue weighted by Crippen LogP contribution is -2.27. The Hall–Kier alpha value is -2.10. The van der Waals surface area contributed by atoms with E-state index < -0.39 is 0 Å². The highest BCUT2D eigenvalue weighted by molar-refractivity contribution is 5.92. The third-order valence-electron chi connectivity index (χ3n) is 3.55. The van der Waals surface area contributed by atoms with Gasteiger partial charge in [0.2, 0.25) is 0 Å². The van der Waals surface area contributed by atoms with E-state index >= 15 is 0 Å². The summed E-state index contributed by atoms with van der Waals surface area (Å²) >= 11 is 0. The molecule has 4 heteroatoms. The van der Waals surface area contributed by atoms with Crippen LogP contribution in [0.15, 0.2) is 22.8 Å². The Labute approximate surface area is 119 Å². The van der Waals surface area contributed by atoms with Crippen molar-refractivity contribution in [3.8, 4) is 0 Å². The molecule has 1 N–H and O–H groups in total. The lowest BCUT2D eigenvalue weighted by molar-refractivity contribution is 0.0934. The maximum Gasteiger partial charge on any atom is 0.273 e. The number of hydrogen-bond acceptors (Lipinski definition) is 3. The van der Waals surface area contributed by atoms with E-state index in [-0.39, 0.29) is 11.9 Å². The number of rotatable bonds is 3. The molecular weight excluding hydrogens is 252 g/mol. The molecule has 0 saturated carbocycles. The van der Waals surface area contributed by atoms with Crippen LogP contribution in [0.5, 0.6) is 0 Å². The van der Waals surface area contributed by atoms with Crippen molar-refractivity contribution in [3.05, 3.63) is 52.2 Å². The van der Waals surface area contributed by atoms with Gasteiger partial charge in [0.15, 0.2) is 11.6 Å². The van der Waals surface area contributed by atoms with E-state index in [9.17, 15) is 4.79 Å². The summed E-state index contributed by atoms with van der Waals surface area (Å²) in [6.45, 7) is 9.92. The summed E-state index contributed by atoms with van der Waals surface area (Å²) in [5.41, 5.74) is 5.11. The van der Waals surface area contributed by atoms with Crippen molar-refractivity contribution >= 4 is 5.91 Å². The fourth-order valence-corrected chi connectivity index (χ4v) is 2.27. The lowest BCUT2D eigenvalue weighted by Gasteiger charge is -2.17. The van der Waals surface area contributed by atoms with Crippen molar-refractivity contribution in [2.75, 3.05) is 0 Å². The molecule has 4 nitrogen and oxygen atoms in total. The van der Waals surface area contributed by atoms with Crippen LogP contribution in [0.25, 0.3) is 0 Å². The molecule has 1 aromatic carbocycles. The van der Waals surface area contributed by atoms with E-state index in [1.54, 1.807) is 6.92 Å². The molecule has 0 fully saturated rings. The highest BCUT2D eigenvalue weighted by Crippen LogP contribution is 2.21. The zero-order valence-electron chi connectivity index (χ0n) is 12.6. The van der Waals surface area contributed by atoms with Crippen LogP contribution in [0.1, 0.15) is 51.6 Å². The summed E-state index contributed by atoms with van der Waals surface area (Å²) in [5, 5.41) is 2.95. The Morgan fingerprint density at radius 1 is 1.15 bits per heavy atom. The highest BCUT2D eigenvalue weighted by Gasteiger charge is 2.16. The molecule has 1 aromatic heterocycles. The Morgan fingerprint density at radius 2 is 1.80 bits per heavy atom. The predicted octanol–water partition coefficient (Wildman–Crippen LogP) is 3.40. The minimum atomic E-state index is -0.216. The second kappa shape index (κ2) is 5.49. The number of oxazole rings is 1. The number of amides is 1.